The van der Waals surface area contributed by atoms with Gasteiger partial charge >= 0.3 is 0 Å². The molecule has 0 bridgehead atoms. The number of carbonyl (C=O) groups excluding carboxylic acids is 1. The van der Waals surface area contributed by atoms with Crippen LogP contribution in [0.25, 0.3) is 0 Å². The lowest BCUT2D eigenvalue weighted by atomic mass is 10.2. The number of nitrogens with one attached hydrogen (secondary N) is 2. The summed E-state index contributed by atoms with van der Waals surface area (Å²) in [5.41, 5.74) is 1.45. The van der Waals surface area contributed by atoms with Gasteiger partial charge in [0.25, 0.3) is 11.6 Å². The number of non-ortho nitro benzene ring substituents is 1. The van der Waals surface area contributed by atoms with Gasteiger partial charge in [-0.1, -0.05) is 6.07 Å². The van der Waals surface area contributed by atoms with Crippen LogP contribution in [0.15, 0.2) is 42.5 Å². The van der Waals surface area contributed by atoms with Crippen molar-refractivity contribution in [2.45, 2.75) is 13.0 Å². The number of benzene rings is 2. The number of hydrogen-bond donors (Lipinski definition) is 2. The molecule has 0 saturated carbocycles. The molecule has 2 aromatic carbocycles. The molecule has 1 aliphatic rings. The molecule has 1 atom stereocenters. The summed E-state index contributed by atoms with van der Waals surface area (Å²) in [5, 5.41) is 13.8. The first kappa shape index (κ1) is 21.4. The van der Waals surface area contributed by atoms with Gasteiger partial charge in [0.1, 0.15) is 11.5 Å². The first-order valence-electron chi connectivity index (χ1n) is 9.79. The Morgan fingerprint density at radius 2 is 1.90 bits per heavy atom. The van der Waals surface area contributed by atoms with Crippen LogP contribution in [0.1, 0.15) is 6.92 Å². The van der Waals surface area contributed by atoms with Crippen LogP contribution in [-0.2, 0) is 4.79 Å². The molecule has 0 unspecified atom stereocenters. The van der Waals surface area contributed by atoms with Crippen LogP contribution < -0.4 is 24.6 Å². The van der Waals surface area contributed by atoms with E-state index < -0.39 is 4.92 Å². The van der Waals surface area contributed by atoms with Gasteiger partial charge < -0.3 is 24.6 Å². The minimum absolute atomic E-state index is 0.0859. The van der Waals surface area contributed by atoms with Crippen LogP contribution in [0, 0.1) is 10.1 Å². The fourth-order valence-corrected chi connectivity index (χ4v) is 3.62. The second-order valence-electron chi connectivity index (χ2n) is 7.20. The SMILES string of the molecule is COc1cccc(N2CC[NH+]([C@H](C)C(=O)Nc3ccc([N+](=O)[O-])cc3OC)CC2)c1. The molecule has 9 heteroatoms. The Morgan fingerprint density at radius 3 is 2.53 bits per heavy atom. The van der Waals surface area contributed by atoms with E-state index in [1.807, 2.05) is 25.1 Å². The van der Waals surface area contributed by atoms with Crippen LogP contribution in [-0.4, -0.2) is 57.3 Å². The molecular weight excluding hydrogens is 388 g/mol. The third kappa shape index (κ3) is 4.80. The number of nitrogens with zero attached hydrogens (tertiary/aromatic N) is 2. The van der Waals surface area contributed by atoms with Crippen LogP contribution in [0.3, 0.4) is 0 Å². The number of amides is 1. The summed E-state index contributed by atoms with van der Waals surface area (Å²) >= 11 is 0. The molecular formula is C21H27N4O5+. The smallest absolute Gasteiger partial charge is 0.282 e. The maximum atomic E-state index is 12.8. The van der Waals surface area contributed by atoms with Gasteiger partial charge in [-0.25, -0.2) is 0 Å². The highest BCUT2D eigenvalue weighted by molar-refractivity contribution is 5.95. The van der Waals surface area contributed by atoms with Crippen molar-refractivity contribution in [1.29, 1.82) is 0 Å². The Kier molecular flexibility index (Phi) is 6.73. The number of rotatable bonds is 7. The minimum atomic E-state index is -0.497. The molecule has 0 radical (unpaired) electrons. The molecule has 2 aromatic rings. The Balaban J connectivity index is 1.60. The van der Waals surface area contributed by atoms with E-state index in [2.05, 4.69) is 16.3 Å². The quantitative estimate of drug-likeness (QED) is 0.523. The maximum Gasteiger partial charge on any atom is 0.282 e. The summed E-state index contributed by atoms with van der Waals surface area (Å²) in [5.74, 6) is 0.946. The lowest BCUT2D eigenvalue weighted by Crippen LogP contribution is -3.19. The van der Waals surface area contributed by atoms with Crippen LogP contribution in [0.5, 0.6) is 11.5 Å². The molecule has 1 saturated heterocycles. The third-order valence-electron chi connectivity index (χ3n) is 5.48. The average Bonchev–Trinajstić information content (AvgIpc) is 2.78. The van der Waals surface area contributed by atoms with Gasteiger partial charge in [0.15, 0.2) is 6.04 Å². The summed E-state index contributed by atoms with van der Waals surface area (Å²) in [6.07, 6.45) is 0. The van der Waals surface area contributed by atoms with Gasteiger partial charge in [0.05, 0.1) is 57.1 Å². The van der Waals surface area contributed by atoms with Crippen molar-refractivity contribution in [2.24, 2.45) is 0 Å². The van der Waals surface area contributed by atoms with E-state index >= 15 is 0 Å². The van der Waals surface area contributed by atoms with E-state index in [4.69, 9.17) is 9.47 Å². The van der Waals surface area contributed by atoms with E-state index in [0.29, 0.717) is 5.69 Å². The molecule has 0 spiro atoms. The molecule has 9 nitrogen and oxygen atoms in total. The number of anilines is 2. The molecule has 1 heterocycles. The molecule has 0 aliphatic carbocycles. The van der Waals surface area contributed by atoms with Crippen LogP contribution >= 0.6 is 0 Å². The number of quaternary nitrogens is 1. The zero-order valence-corrected chi connectivity index (χ0v) is 17.4. The van der Waals surface area contributed by atoms with E-state index in [1.165, 1.54) is 30.2 Å². The number of methoxy groups -OCH3 is 2. The second kappa shape index (κ2) is 9.45. The number of piperazine rings is 1. The molecule has 1 amide bonds. The number of nitro groups is 1. The number of ether oxygens (including phenoxy) is 2. The van der Waals surface area contributed by atoms with Gasteiger partial charge in [-0.2, -0.15) is 0 Å². The Labute approximate surface area is 175 Å². The predicted octanol–water partition coefficient (Wildman–Crippen LogP) is 1.34. The topological polar surface area (TPSA) is 98.4 Å². The highest BCUT2D eigenvalue weighted by Crippen LogP contribution is 2.29. The Morgan fingerprint density at radius 1 is 1.17 bits per heavy atom. The molecule has 0 aromatic heterocycles. The molecule has 30 heavy (non-hydrogen) atoms. The summed E-state index contributed by atoms with van der Waals surface area (Å²) in [4.78, 5) is 26.7. The van der Waals surface area contributed by atoms with Crippen molar-refractivity contribution >= 4 is 23.0 Å². The van der Waals surface area contributed by atoms with Gasteiger partial charge in [-0.15, -0.1) is 0 Å². The van der Waals surface area contributed by atoms with Crippen molar-refractivity contribution in [3.8, 4) is 11.5 Å². The van der Waals surface area contributed by atoms with Crippen LogP contribution in [0.4, 0.5) is 17.1 Å². The van der Waals surface area contributed by atoms with E-state index in [0.717, 1.165) is 37.6 Å². The Bertz CT molecular complexity index is 912. The standard InChI is InChI=1S/C21H26N4O5/c1-15(21(26)22-19-8-7-17(25(27)28)14-20(19)30-3)23-9-11-24(12-10-23)16-5-4-6-18(13-16)29-2/h4-8,13-15H,9-12H2,1-3H3,(H,22,26)/p+1/t15-/m1/s1. The normalized spacial score (nSPS) is 15.4. The van der Waals surface area contributed by atoms with Crippen molar-refractivity contribution in [3.05, 3.63) is 52.6 Å². The first-order valence-corrected chi connectivity index (χ1v) is 9.79. The Hall–Kier alpha value is -3.33. The fourth-order valence-electron chi connectivity index (χ4n) is 3.62. The summed E-state index contributed by atoms with van der Waals surface area (Å²) < 4.78 is 10.5. The lowest BCUT2D eigenvalue weighted by Gasteiger charge is -2.36. The first-order chi connectivity index (χ1) is 14.4. The number of carbonyl (C=O) groups is 1. The zero-order chi connectivity index (χ0) is 21.7. The minimum Gasteiger partial charge on any atom is -0.497 e. The van der Waals surface area contributed by atoms with Crippen molar-refractivity contribution in [1.82, 2.24) is 0 Å². The fraction of sp³-hybridized carbons (Fsp3) is 0.381. The highest BCUT2D eigenvalue weighted by atomic mass is 16.6. The van der Waals surface area contributed by atoms with Crippen molar-refractivity contribution in [3.63, 3.8) is 0 Å². The van der Waals surface area contributed by atoms with E-state index in [9.17, 15) is 14.9 Å². The maximum absolute atomic E-state index is 12.8. The van der Waals surface area contributed by atoms with E-state index in [1.54, 1.807) is 7.11 Å². The molecule has 3 rings (SSSR count). The molecule has 1 fully saturated rings. The lowest BCUT2D eigenvalue weighted by molar-refractivity contribution is -0.914. The van der Waals surface area contributed by atoms with E-state index in [-0.39, 0.29) is 23.4 Å². The summed E-state index contributed by atoms with van der Waals surface area (Å²) in [7, 11) is 3.07. The van der Waals surface area contributed by atoms with Gasteiger partial charge in [0.2, 0.25) is 0 Å². The third-order valence-corrected chi connectivity index (χ3v) is 5.48. The van der Waals surface area contributed by atoms with Gasteiger partial charge in [-0.3, -0.25) is 14.9 Å². The molecule has 1 aliphatic heterocycles. The highest BCUT2D eigenvalue weighted by Gasteiger charge is 2.30. The summed E-state index contributed by atoms with van der Waals surface area (Å²) in [6, 6.07) is 11.9. The predicted molar refractivity (Wildman–Crippen MR) is 114 cm³/mol. The summed E-state index contributed by atoms with van der Waals surface area (Å²) in [6.45, 7) is 5.21. The van der Waals surface area contributed by atoms with Gasteiger partial charge in [-0.05, 0) is 25.1 Å². The largest absolute Gasteiger partial charge is 0.497 e. The van der Waals surface area contributed by atoms with Crippen molar-refractivity contribution < 1.29 is 24.1 Å². The van der Waals surface area contributed by atoms with Crippen molar-refractivity contribution in [2.75, 3.05) is 50.6 Å². The zero-order valence-electron chi connectivity index (χ0n) is 17.4. The monoisotopic (exact) mass is 415 g/mol. The van der Waals surface area contributed by atoms with Gasteiger partial charge in [0, 0.05) is 17.8 Å². The molecule has 160 valence electrons. The average molecular weight is 415 g/mol. The van der Waals surface area contributed by atoms with Crippen LogP contribution in [0.2, 0.25) is 0 Å². The number of nitro benzene ring substituents is 1. The second-order valence-corrected chi connectivity index (χ2v) is 7.20. The molecule has 2 N–H and O–H groups in total. The number of hydrogen-bond acceptors (Lipinski definition) is 6.